The van der Waals surface area contributed by atoms with Crippen molar-refractivity contribution in [2.75, 3.05) is 13.2 Å². The molecule has 21 heavy (non-hydrogen) atoms. The molecule has 2 atom stereocenters. The Morgan fingerprint density at radius 1 is 1.48 bits per heavy atom. The minimum atomic E-state index is 0.194. The van der Waals surface area contributed by atoms with Crippen LogP contribution in [0.5, 0.6) is 0 Å². The zero-order valence-corrected chi connectivity index (χ0v) is 13.9. The molecule has 0 aromatic carbocycles. The van der Waals surface area contributed by atoms with E-state index in [1.54, 1.807) is 0 Å². The molecule has 0 spiro atoms. The topological polar surface area (TPSA) is 50.0 Å². The maximum absolute atomic E-state index is 9.07. The largest absolute Gasteiger partial charge is 0.377 e. The van der Waals surface area contributed by atoms with Crippen molar-refractivity contribution in [2.24, 2.45) is 18.4 Å². The first kappa shape index (κ1) is 16.1. The zero-order valence-electron chi connectivity index (χ0n) is 13.9. The number of nitrogens with zero attached hydrogens (tertiary/aromatic N) is 2. The lowest BCUT2D eigenvalue weighted by Gasteiger charge is -2.31. The Morgan fingerprint density at radius 3 is 2.76 bits per heavy atom. The van der Waals surface area contributed by atoms with Crippen LogP contribution in [0.2, 0.25) is 0 Å². The Labute approximate surface area is 128 Å². The van der Waals surface area contributed by atoms with Crippen LogP contribution in [0.25, 0.3) is 0 Å². The average Bonchev–Trinajstić information content (AvgIpc) is 2.98. The predicted molar refractivity (Wildman–Crippen MR) is 83.9 cm³/mol. The summed E-state index contributed by atoms with van der Waals surface area (Å²) in [4.78, 5) is 0. The molecule has 1 aromatic rings. The molecule has 0 unspecified atom stereocenters. The molecule has 1 aromatic heterocycles. The Hall–Kier alpha value is -1.31. The van der Waals surface area contributed by atoms with Crippen LogP contribution < -0.4 is 5.32 Å². The summed E-state index contributed by atoms with van der Waals surface area (Å²) in [5.74, 6) is 0.574. The van der Waals surface area contributed by atoms with Crippen molar-refractivity contribution in [2.45, 2.75) is 46.8 Å². The van der Waals surface area contributed by atoms with E-state index in [4.69, 9.17) is 10.00 Å². The minimum absolute atomic E-state index is 0.194. The molecule has 1 saturated heterocycles. The van der Waals surface area contributed by atoms with Gasteiger partial charge in [0.25, 0.3) is 0 Å². The van der Waals surface area contributed by atoms with Gasteiger partial charge in [-0.2, -0.15) is 5.26 Å². The van der Waals surface area contributed by atoms with Crippen molar-refractivity contribution in [1.82, 2.24) is 9.88 Å². The van der Waals surface area contributed by atoms with Gasteiger partial charge in [-0.25, -0.2) is 0 Å². The van der Waals surface area contributed by atoms with Gasteiger partial charge in [0.05, 0.1) is 6.10 Å². The normalized spacial score (nSPS) is 22.5. The quantitative estimate of drug-likeness (QED) is 0.927. The van der Waals surface area contributed by atoms with E-state index in [0.29, 0.717) is 12.0 Å². The van der Waals surface area contributed by atoms with Gasteiger partial charge in [-0.1, -0.05) is 20.8 Å². The molecule has 2 heterocycles. The Morgan fingerprint density at radius 2 is 2.19 bits per heavy atom. The van der Waals surface area contributed by atoms with Crippen molar-refractivity contribution < 1.29 is 4.74 Å². The Balaban J connectivity index is 1.92. The minimum Gasteiger partial charge on any atom is -0.377 e. The summed E-state index contributed by atoms with van der Waals surface area (Å²) in [5.41, 5.74) is 3.29. The molecule has 1 aliphatic rings. The molecule has 0 bridgehead atoms. The van der Waals surface area contributed by atoms with Gasteiger partial charge in [0.15, 0.2) is 0 Å². The molecule has 4 heteroatoms. The second-order valence-corrected chi connectivity index (χ2v) is 7.15. The summed E-state index contributed by atoms with van der Waals surface area (Å²) >= 11 is 0. The molecule has 4 nitrogen and oxygen atoms in total. The SMILES string of the molecule is Cc1c(CNC[C@H]2CCO[C@@H]2C(C)(C)C)cc(C#N)n1C. The molecule has 0 saturated carbocycles. The van der Waals surface area contributed by atoms with Gasteiger partial charge in [0.1, 0.15) is 11.8 Å². The molecular formula is C17H27N3O. The van der Waals surface area contributed by atoms with Gasteiger partial charge < -0.3 is 14.6 Å². The summed E-state index contributed by atoms with van der Waals surface area (Å²) in [6, 6.07) is 4.21. The van der Waals surface area contributed by atoms with Crippen LogP contribution in [0.15, 0.2) is 6.07 Å². The number of aromatic nitrogens is 1. The molecule has 1 N–H and O–H groups in total. The standard InChI is InChI=1S/C17H27N3O/c1-12-14(8-15(9-18)20(12)5)11-19-10-13-6-7-21-16(13)17(2,3)4/h8,13,16,19H,6-7,10-11H2,1-5H3/t13-,16+/m1/s1. The molecule has 1 fully saturated rings. The second-order valence-electron chi connectivity index (χ2n) is 7.15. The highest BCUT2D eigenvalue weighted by atomic mass is 16.5. The summed E-state index contributed by atoms with van der Waals surface area (Å²) < 4.78 is 7.86. The van der Waals surface area contributed by atoms with Crippen molar-refractivity contribution in [3.05, 3.63) is 23.0 Å². The fourth-order valence-corrected chi connectivity index (χ4v) is 3.24. The van der Waals surface area contributed by atoms with E-state index in [2.05, 4.69) is 39.1 Å². The van der Waals surface area contributed by atoms with Gasteiger partial charge in [-0.15, -0.1) is 0 Å². The third-order valence-corrected chi connectivity index (χ3v) is 4.54. The van der Waals surface area contributed by atoms with Crippen LogP contribution >= 0.6 is 0 Å². The summed E-state index contributed by atoms with van der Waals surface area (Å²) in [6.07, 6.45) is 1.46. The lowest BCUT2D eigenvalue weighted by molar-refractivity contribution is 0.00721. The highest BCUT2D eigenvalue weighted by Crippen LogP contribution is 2.34. The first-order valence-electron chi connectivity index (χ1n) is 7.72. The van der Waals surface area contributed by atoms with Crippen LogP contribution in [0, 0.1) is 29.6 Å². The van der Waals surface area contributed by atoms with Crippen molar-refractivity contribution in [1.29, 1.82) is 5.26 Å². The molecule has 0 aliphatic carbocycles. The Kier molecular flexibility index (Phi) is 4.75. The third-order valence-electron chi connectivity index (χ3n) is 4.54. The van der Waals surface area contributed by atoms with Gasteiger partial charge in [0, 0.05) is 38.4 Å². The number of rotatable bonds is 4. The molecule has 2 rings (SSSR count). The predicted octanol–water partition coefficient (Wildman–Crippen LogP) is 2.75. The van der Waals surface area contributed by atoms with Gasteiger partial charge in [-0.3, -0.25) is 0 Å². The molecule has 0 radical (unpaired) electrons. The maximum Gasteiger partial charge on any atom is 0.120 e. The zero-order chi connectivity index (χ0) is 15.6. The lowest BCUT2D eigenvalue weighted by atomic mass is 9.81. The van der Waals surface area contributed by atoms with Gasteiger partial charge in [-0.05, 0) is 30.4 Å². The number of nitrogens with one attached hydrogen (secondary N) is 1. The number of nitriles is 1. The van der Waals surface area contributed by atoms with Crippen molar-refractivity contribution in [3.63, 3.8) is 0 Å². The highest BCUT2D eigenvalue weighted by Gasteiger charge is 2.36. The number of ether oxygens (including phenoxy) is 1. The average molecular weight is 289 g/mol. The molecule has 1 aliphatic heterocycles. The third kappa shape index (κ3) is 3.48. The van der Waals surface area contributed by atoms with Crippen molar-refractivity contribution >= 4 is 0 Å². The summed E-state index contributed by atoms with van der Waals surface area (Å²) in [5, 5.41) is 12.6. The molecule has 0 amide bonds. The van der Waals surface area contributed by atoms with Gasteiger partial charge in [0.2, 0.25) is 0 Å². The van der Waals surface area contributed by atoms with E-state index >= 15 is 0 Å². The fourth-order valence-electron chi connectivity index (χ4n) is 3.24. The van der Waals surface area contributed by atoms with Crippen LogP contribution in [0.3, 0.4) is 0 Å². The van der Waals surface area contributed by atoms with Crippen LogP contribution in [0.1, 0.15) is 44.1 Å². The van der Waals surface area contributed by atoms with E-state index in [1.165, 1.54) is 5.56 Å². The van der Waals surface area contributed by atoms with E-state index in [-0.39, 0.29) is 5.41 Å². The number of hydrogen-bond donors (Lipinski definition) is 1. The lowest BCUT2D eigenvalue weighted by Crippen LogP contribution is -2.36. The maximum atomic E-state index is 9.07. The second kappa shape index (κ2) is 6.21. The van der Waals surface area contributed by atoms with E-state index in [0.717, 1.165) is 37.5 Å². The van der Waals surface area contributed by atoms with Crippen LogP contribution in [-0.2, 0) is 18.3 Å². The highest BCUT2D eigenvalue weighted by molar-refractivity contribution is 5.34. The number of hydrogen-bond acceptors (Lipinski definition) is 3. The van der Waals surface area contributed by atoms with Crippen LogP contribution in [0.4, 0.5) is 0 Å². The fraction of sp³-hybridized carbons (Fsp3) is 0.706. The Bertz CT molecular complexity index is 533. The van der Waals surface area contributed by atoms with Crippen LogP contribution in [-0.4, -0.2) is 23.8 Å². The monoisotopic (exact) mass is 289 g/mol. The first-order chi connectivity index (χ1) is 9.84. The van der Waals surface area contributed by atoms with E-state index in [9.17, 15) is 0 Å². The summed E-state index contributed by atoms with van der Waals surface area (Å²) in [7, 11) is 1.94. The molecular weight excluding hydrogens is 262 g/mol. The first-order valence-corrected chi connectivity index (χ1v) is 7.72. The molecule has 116 valence electrons. The summed E-state index contributed by atoms with van der Waals surface area (Å²) in [6.45, 7) is 11.5. The van der Waals surface area contributed by atoms with E-state index < -0.39 is 0 Å². The van der Waals surface area contributed by atoms with Crippen molar-refractivity contribution in [3.8, 4) is 6.07 Å². The smallest absolute Gasteiger partial charge is 0.120 e. The van der Waals surface area contributed by atoms with Gasteiger partial charge >= 0.3 is 0 Å². The van der Waals surface area contributed by atoms with E-state index in [1.807, 2.05) is 17.7 Å².